The van der Waals surface area contributed by atoms with Gasteiger partial charge in [-0.3, -0.25) is 9.59 Å². The molecule has 0 bridgehead atoms. The Morgan fingerprint density at radius 1 is 1.15 bits per heavy atom. The summed E-state index contributed by atoms with van der Waals surface area (Å²) in [5.74, 6) is -0.532. The molecule has 0 aromatic heterocycles. The highest BCUT2D eigenvalue weighted by atomic mass is 19.1. The number of carbonyl (C=O) groups excluding carboxylic acids is 2. The van der Waals surface area contributed by atoms with Crippen LogP contribution in [-0.4, -0.2) is 29.8 Å². The molecule has 1 heterocycles. The summed E-state index contributed by atoms with van der Waals surface area (Å²) in [5.41, 5.74) is 3.33. The summed E-state index contributed by atoms with van der Waals surface area (Å²) in [6, 6.07) is 11.7. The third-order valence-corrected chi connectivity index (χ3v) is 6.02. The second-order valence-corrected chi connectivity index (χ2v) is 7.89. The Hall–Kier alpha value is -2.69. The third-order valence-electron chi connectivity index (χ3n) is 6.02. The molecule has 1 saturated carbocycles. The van der Waals surface area contributed by atoms with E-state index in [1.54, 1.807) is 12.1 Å². The Labute approximate surface area is 158 Å². The highest BCUT2D eigenvalue weighted by molar-refractivity contribution is 5.97. The van der Waals surface area contributed by atoms with Crippen LogP contribution in [0.4, 0.5) is 10.1 Å². The van der Waals surface area contributed by atoms with E-state index in [0.717, 1.165) is 18.4 Å². The zero-order valence-electron chi connectivity index (χ0n) is 15.6. The van der Waals surface area contributed by atoms with Gasteiger partial charge >= 0.3 is 0 Å². The highest BCUT2D eigenvalue weighted by Crippen LogP contribution is 2.58. The van der Waals surface area contributed by atoms with Gasteiger partial charge in [-0.25, -0.2) is 4.39 Å². The number of hydrogen-bond donors (Lipinski definition) is 1. The third kappa shape index (κ3) is 3.34. The molecule has 2 aliphatic rings. The van der Waals surface area contributed by atoms with E-state index in [0.29, 0.717) is 24.3 Å². The minimum absolute atomic E-state index is 0.0335. The van der Waals surface area contributed by atoms with E-state index in [1.165, 1.54) is 17.7 Å². The van der Waals surface area contributed by atoms with Crippen LogP contribution in [0.1, 0.15) is 34.3 Å². The summed E-state index contributed by atoms with van der Waals surface area (Å²) in [5, 5.41) is 2.80. The molecule has 2 aromatic rings. The van der Waals surface area contributed by atoms with Crippen molar-refractivity contribution in [2.75, 3.05) is 18.4 Å². The van der Waals surface area contributed by atoms with E-state index in [4.69, 9.17) is 0 Å². The van der Waals surface area contributed by atoms with E-state index in [9.17, 15) is 14.0 Å². The van der Waals surface area contributed by atoms with Crippen LogP contribution in [0, 0.1) is 31.0 Å². The van der Waals surface area contributed by atoms with Gasteiger partial charge in [-0.2, -0.15) is 0 Å². The van der Waals surface area contributed by atoms with Gasteiger partial charge < -0.3 is 10.2 Å². The van der Waals surface area contributed by atoms with Crippen LogP contribution in [0.15, 0.2) is 42.5 Å². The fourth-order valence-electron chi connectivity index (χ4n) is 4.09. The molecular formula is C22H23FN2O2. The first kappa shape index (κ1) is 17.7. The number of aryl methyl sites for hydroxylation is 2. The Bertz CT molecular complexity index is 926. The first-order valence-corrected chi connectivity index (χ1v) is 9.31. The molecule has 1 aliphatic heterocycles. The molecule has 2 amide bonds. The Morgan fingerprint density at radius 2 is 1.96 bits per heavy atom. The Balaban J connectivity index is 1.40. The average molecular weight is 366 g/mol. The van der Waals surface area contributed by atoms with Crippen molar-refractivity contribution in [2.45, 2.75) is 26.7 Å². The monoisotopic (exact) mass is 366 g/mol. The van der Waals surface area contributed by atoms with Gasteiger partial charge in [-0.05, 0) is 68.1 Å². The lowest BCUT2D eigenvalue weighted by atomic mass is 10.0. The van der Waals surface area contributed by atoms with Crippen molar-refractivity contribution in [3.8, 4) is 0 Å². The minimum Gasteiger partial charge on any atom is -0.338 e. The van der Waals surface area contributed by atoms with Gasteiger partial charge in [0.1, 0.15) is 5.82 Å². The molecule has 0 unspecified atom stereocenters. The van der Waals surface area contributed by atoms with Gasteiger partial charge in [0, 0.05) is 35.7 Å². The predicted molar refractivity (Wildman–Crippen MR) is 102 cm³/mol. The second kappa shape index (κ2) is 6.48. The van der Waals surface area contributed by atoms with Gasteiger partial charge in [0.2, 0.25) is 5.91 Å². The van der Waals surface area contributed by atoms with Crippen molar-refractivity contribution in [3.05, 3.63) is 65.0 Å². The number of amides is 2. The highest BCUT2D eigenvalue weighted by Gasteiger charge is 2.61. The van der Waals surface area contributed by atoms with Gasteiger partial charge in [0.05, 0.1) is 0 Å². The summed E-state index contributed by atoms with van der Waals surface area (Å²) in [6.07, 6.45) is 1.62. The van der Waals surface area contributed by atoms with Crippen LogP contribution in [-0.2, 0) is 4.79 Å². The van der Waals surface area contributed by atoms with Crippen molar-refractivity contribution in [3.63, 3.8) is 0 Å². The molecule has 27 heavy (non-hydrogen) atoms. The maximum absolute atomic E-state index is 13.3. The number of rotatable bonds is 3. The number of hydrogen-bond acceptors (Lipinski definition) is 2. The maximum Gasteiger partial charge on any atom is 0.253 e. The molecule has 1 saturated heterocycles. The average Bonchev–Trinajstić information content (AvgIpc) is 3.17. The quantitative estimate of drug-likeness (QED) is 0.895. The SMILES string of the molecule is Cc1ccc(C(=O)N2CC[C@]3(C[C@@H]3C(=O)Nc3cccc(F)c3)C2)cc1C. The van der Waals surface area contributed by atoms with Crippen LogP contribution < -0.4 is 5.32 Å². The molecule has 0 radical (unpaired) electrons. The second-order valence-electron chi connectivity index (χ2n) is 7.89. The number of likely N-dealkylation sites (tertiary alicyclic amines) is 1. The van der Waals surface area contributed by atoms with Gasteiger partial charge in [-0.15, -0.1) is 0 Å². The lowest BCUT2D eigenvalue weighted by Crippen LogP contribution is -2.30. The summed E-state index contributed by atoms with van der Waals surface area (Å²) < 4.78 is 13.3. The maximum atomic E-state index is 13.3. The van der Waals surface area contributed by atoms with Crippen LogP contribution >= 0.6 is 0 Å². The molecule has 1 aliphatic carbocycles. The van der Waals surface area contributed by atoms with Crippen LogP contribution in [0.3, 0.4) is 0 Å². The molecule has 2 fully saturated rings. The molecule has 2 atom stereocenters. The fraction of sp³-hybridized carbons (Fsp3) is 0.364. The minimum atomic E-state index is -0.371. The van der Waals surface area contributed by atoms with Gasteiger partial charge in [-0.1, -0.05) is 12.1 Å². The van der Waals surface area contributed by atoms with Crippen LogP contribution in [0.25, 0.3) is 0 Å². The summed E-state index contributed by atoms with van der Waals surface area (Å²) >= 11 is 0. The van der Waals surface area contributed by atoms with E-state index in [1.807, 2.05) is 36.9 Å². The molecular weight excluding hydrogens is 343 g/mol. The molecule has 2 aromatic carbocycles. The number of nitrogens with one attached hydrogen (secondary N) is 1. The van der Waals surface area contributed by atoms with Crippen molar-refractivity contribution in [1.82, 2.24) is 4.90 Å². The zero-order chi connectivity index (χ0) is 19.2. The molecule has 1 spiro atoms. The van der Waals surface area contributed by atoms with Crippen molar-refractivity contribution >= 4 is 17.5 Å². The van der Waals surface area contributed by atoms with E-state index in [-0.39, 0.29) is 29.0 Å². The zero-order valence-corrected chi connectivity index (χ0v) is 15.6. The van der Waals surface area contributed by atoms with E-state index >= 15 is 0 Å². The standard InChI is InChI=1S/C22H23FN2O2/c1-14-6-7-16(10-15(14)2)21(27)25-9-8-22(13-25)12-19(22)20(26)24-18-5-3-4-17(23)11-18/h3-7,10-11,19H,8-9,12-13H2,1-2H3,(H,24,26)/t19-,22+/m1/s1. The van der Waals surface area contributed by atoms with Crippen LogP contribution in [0.2, 0.25) is 0 Å². The normalized spacial score (nSPS) is 23.5. The Kier molecular flexibility index (Phi) is 4.25. The lowest BCUT2D eigenvalue weighted by Gasteiger charge is -2.17. The largest absolute Gasteiger partial charge is 0.338 e. The number of anilines is 1. The summed E-state index contributed by atoms with van der Waals surface area (Å²) in [4.78, 5) is 27.2. The summed E-state index contributed by atoms with van der Waals surface area (Å²) in [6.45, 7) is 5.32. The molecule has 140 valence electrons. The van der Waals surface area contributed by atoms with Crippen LogP contribution in [0.5, 0.6) is 0 Å². The lowest BCUT2D eigenvalue weighted by molar-refractivity contribution is -0.118. The molecule has 5 heteroatoms. The number of halogens is 1. The summed E-state index contributed by atoms with van der Waals surface area (Å²) in [7, 11) is 0. The van der Waals surface area contributed by atoms with Gasteiger partial charge in [0.25, 0.3) is 5.91 Å². The fourth-order valence-corrected chi connectivity index (χ4v) is 4.09. The molecule has 4 rings (SSSR count). The predicted octanol–water partition coefficient (Wildman–Crippen LogP) is 3.93. The number of carbonyl (C=O) groups is 2. The topological polar surface area (TPSA) is 49.4 Å². The van der Waals surface area contributed by atoms with Crippen molar-refractivity contribution in [1.29, 1.82) is 0 Å². The smallest absolute Gasteiger partial charge is 0.253 e. The molecule has 1 N–H and O–H groups in total. The first-order chi connectivity index (χ1) is 12.9. The Morgan fingerprint density at radius 3 is 2.70 bits per heavy atom. The first-order valence-electron chi connectivity index (χ1n) is 9.31. The van der Waals surface area contributed by atoms with Crippen molar-refractivity contribution in [2.24, 2.45) is 11.3 Å². The number of nitrogens with zero attached hydrogens (tertiary/aromatic N) is 1. The van der Waals surface area contributed by atoms with E-state index in [2.05, 4.69) is 5.32 Å². The number of benzene rings is 2. The molecule has 4 nitrogen and oxygen atoms in total. The van der Waals surface area contributed by atoms with Gasteiger partial charge in [0.15, 0.2) is 0 Å². The van der Waals surface area contributed by atoms with E-state index < -0.39 is 0 Å². The van der Waals surface area contributed by atoms with Crippen molar-refractivity contribution < 1.29 is 14.0 Å².